The Morgan fingerprint density at radius 1 is 0.620 bits per heavy atom. The van der Waals surface area contributed by atoms with Crippen molar-refractivity contribution in [3.05, 3.63) is 197 Å². The molecule has 23 heteroatoms. The van der Waals surface area contributed by atoms with Gasteiger partial charge in [-0.15, -0.1) is 20.4 Å². The SMILES string of the molecule is CCI.CCN1C(=O)c2c(OCc3ccccc3)c(=O)c(-c3nnc(Cc4ccc(F)cc4F)s3)cn2C2COC[C@H]21.O=C1N[C@@H]2COCC2n2cc(-c3nnc(Cc4ccc(F)cc4F)s3)c(=O)c(OCc3ccccc3)c21. The van der Waals surface area contributed by atoms with Crippen molar-refractivity contribution < 1.29 is 46.1 Å². The molecule has 79 heavy (non-hydrogen) atoms. The molecule has 2 unspecified atom stereocenters. The highest BCUT2D eigenvalue weighted by Gasteiger charge is 2.45. The number of pyridine rings is 2. The van der Waals surface area contributed by atoms with Gasteiger partial charge in [0.2, 0.25) is 10.9 Å². The number of fused-ring (bicyclic) bond motifs is 6. The van der Waals surface area contributed by atoms with E-state index in [1.54, 1.807) is 26.4 Å². The Bertz CT molecular complexity index is 3660. The molecule has 16 nitrogen and oxygen atoms in total. The van der Waals surface area contributed by atoms with Crippen LogP contribution in [0.2, 0.25) is 0 Å². The van der Waals surface area contributed by atoms with Crippen LogP contribution in [0, 0.1) is 23.3 Å². The fourth-order valence-electron chi connectivity index (χ4n) is 9.68. The fourth-order valence-corrected chi connectivity index (χ4v) is 11.4. The second-order valence-corrected chi connectivity index (χ2v) is 22.2. The zero-order valence-electron chi connectivity index (χ0n) is 42.4. The normalized spacial score (nSPS) is 17.8. The highest BCUT2D eigenvalue weighted by Crippen LogP contribution is 2.38. The summed E-state index contributed by atoms with van der Waals surface area (Å²) in [6.45, 7) is 6.18. The van der Waals surface area contributed by atoms with Gasteiger partial charge in [-0.25, -0.2) is 17.6 Å². The number of hydrogen-bond acceptors (Lipinski definition) is 14. The summed E-state index contributed by atoms with van der Waals surface area (Å²) in [5.41, 5.74) is 2.01. The molecule has 408 valence electrons. The van der Waals surface area contributed by atoms with Crippen LogP contribution in [0.1, 0.15) is 79.2 Å². The first kappa shape index (κ1) is 55.1. The molecule has 0 aliphatic carbocycles. The Balaban J connectivity index is 0.000000170. The van der Waals surface area contributed by atoms with Gasteiger partial charge in [-0.2, -0.15) is 0 Å². The molecule has 4 atom stereocenters. The van der Waals surface area contributed by atoms with Crippen LogP contribution < -0.4 is 25.6 Å². The molecule has 4 aromatic heterocycles. The maximum absolute atomic E-state index is 14.2. The zero-order valence-corrected chi connectivity index (χ0v) is 46.2. The number of ether oxygens (including phenoxy) is 4. The summed E-state index contributed by atoms with van der Waals surface area (Å²) >= 11 is 4.55. The Labute approximate surface area is 471 Å². The largest absolute Gasteiger partial charge is 0.483 e. The average Bonchev–Trinajstić information content (AvgIpc) is 4.52. The number of hydrogen-bond donors (Lipinski definition) is 1. The number of likely N-dealkylation sites (N-methyl/N-ethyl adjacent to an activating group) is 1. The Kier molecular flexibility index (Phi) is 17.1. The van der Waals surface area contributed by atoms with Gasteiger partial charge in [0, 0.05) is 43.9 Å². The number of rotatable bonds is 13. The van der Waals surface area contributed by atoms with Crippen LogP contribution in [0.5, 0.6) is 11.5 Å². The molecule has 2 saturated heterocycles. The lowest BCUT2D eigenvalue weighted by Crippen LogP contribution is -2.51. The van der Waals surface area contributed by atoms with Gasteiger partial charge < -0.3 is 38.3 Å². The van der Waals surface area contributed by atoms with E-state index in [0.29, 0.717) is 53.0 Å². The third kappa shape index (κ3) is 11.8. The number of halogens is 5. The van der Waals surface area contributed by atoms with E-state index < -0.39 is 40.0 Å². The van der Waals surface area contributed by atoms with E-state index in [1.807, 2.05) is 67.6 Å². The molecular weight excluding hydrogens is 1180 g/mol. The van der Waals surface area contributed by atoms with Crippen LogP contribution in [-0.4, -0.2) is 95.7 Å². The highest BCUT2D eigenvalue weighted by molar-refractivity contribution is 14.1. The van der Waals surface area contributed by atoms with Crippen molar-refractivity contribution in [2.45, 2.75) is 64.1 Å². The maximum Gasteiger partial charge on any atom is 0.274 e. The molecule has 4 aliphatic rings. The summed E-state index contributed by atoms with van der Waals surface area (Å²) in [5, 5.41) is 21.1. The van der Waals surface area contributed by atoms with Crippen molar-refractivity contribution in [2.24, 2.45) is 0 Å². The predicted molar refractivity (Wildman–Crippen MR) is 295 cm³/mol. The number of aromatic nitrogens is 6. The third-order valence-electron chi connectivity index (χ3n) is 13.5. The van der Waals surface area contributed by atoms with Crippen LogP contribution in [0.15, 0.2) is 119 Å². The summed E-state index contributed by atoms with van der Waals surface area (Å²) in [5.74, 6) is -3.52. The molecule has 4 aliphatic heterocycles. The van der Waals surface area contributed by atoms with Gasteiger partial charge in [0.1, 0.15) is 46.5 Å². The van der Waals surface area contributed by atoms with Gasteiger partial charge in [-0.1, -0.05) is 125 Å². The number of benzene rings is 4. The summed E-state index contributed by atoms with van der Waals surface area (Å²) < 4.78 is 83.1. The molecule has 0 bridgehead atoms. The molecular formula is C56H49F4IN8O8S2. The van der Waals surface area contributed by atoms with Crippen LogP contribution in [0.25, 0.3) is 21.1 Å². The lowest BCUT2D eigenvalue weighted by Gasteiger charge is -2.39. The van der Waals surface area contributed by atoms with Gasteiger partial charge in [0.15, 0.2) is 32.9 Å². The first-order valence-corrected chi connectivity index (χ1v) is 28.3. The molecule has 0 saturated carbocycles. The molecule has 2 amide bonds. The molecule has 1 N–H and O–H groups in total. The minimum absolute atomic E-state index is 0.0496. The number of alkyl halides is 1. The number of nitrogens with one attached hydrogen (secondary N) is 1. The predicted octanol–water partition coefficient (Wildman–Crippen LogP) is 9.17. The van der Waals surface area contributed by atoms with Gasteiger partial charge in [0.05, 0.1) is 61.7 Å². The van der Waals surface area contributed by atoms with Gasteiger partial charge in [0.25, 0.3) is 11.8 Å². The molecule has 8 heterocycles. The van der Waals surface area contributed by atoms with Crippen LogP contribution in [0.4, 0.5) is 17.6 Å². The summed E-state index contributed by atoms with van der Waals surface area (Å²) in [6, 6.07) is 24.6. The second-order valence-electron chi connectivity index (χ2n) is 18.5. The first-order chi connectivity index (χ1) is 38.3. The standard InChI is InChI=1S/C28H24F2N4O4S.C26H20F2N4O4S.C2H5I/c1-2-33-21-14-37-15-22(21)34-12-19(27-32-31-23(39-27)10-17-8-9-18(29)11-20(17)30)25(35)26(24(34)28(33)36)38-13-16-6-4-3-5-7-16;27-16-7-6-15(18(28)9-16)8-21-30-31-26(37-21)17-10-32-20-13-35-12-19(20)29-25(34)22(32)24(23(17)33)36-11-14-4-2-1-3-5-14;1-2-3/h3-9,11-12,21-22H,2,10,13-15H2,1H3;1-7,9-10,19-20H,8,11-13H2,(H,29,34);2H2,1H3/t21-,22?;19-,20?;/m11./s1. The fraction of sp³-hybridized carbons (Fsp3) is 0.286. The molecule has 8 aromatic rings. The smallest absolute Gasteiger partial charge is 0.274 e. The van der Waals surface area contributed by atoms with Crippen LogP contribution in [-0.2, 0) is 35.5 Å². The summed E-state index contributed by atoms with van der Waals surface area (Å²) in [7, 11) is 0. The number of amides is 2. The third-order valence-corrected chi connectivity index (χ3v) is 15.4. The van der Waals surface area contributed by atoms with Gasteiger partial charge >= 0.3 is 0 Å². The van der Waals surface area contributed by atoms with E-state index in [4.69, 9.17) is 18.9 Å². The van der Waals surface area contributed by atoms with Gasteiger partial charge in [-0.3, -0.25) is 19.2 Å². The Morgan fingerprint density at radius 3 is 1.59 bits per heavy atom. The molecule has 2 fully saturated rings. The number of carbonyl (C=O) groups excluding carboxylic acids is 2. The second kappa shape index (κ2) is 24.4. The van der Waals surface area contributed by atoms with E-state index in [9.17, 15) is 36.7 Å². The highest BCUT2D eigenvalue weighted by atomic mass is 127. The van der Waals surface area contributed by atoms with Crippen LogP contribution >= 0.6 is 45.3 Å². The van der Waals surface area contributed by atoms with E-state index in [0.717, 1.165) is 45.9 Å². The summed E-state index contributed by atoms with van der Waals surface area (Å²) in [6.07, 6.45) is 3.41. The zero-order chi connectivity index (χ0) is 55.3. The molecule has 0 radical (unpaired) electrons. The van der Waals surface area contributed by atoms with Crippen LogP contribution in [0.3, 0.4) is 0 Å². The van der Waals surface area contributed by atoms with E-state index >= 15 is 0 Å². The minimum atomic E-state index is -0.680. The van der Waals surface area contributed by atoms with E-state index in [2.05, 4.69) is 55.2 Å². The minimum Gasteiger partial charge on any atom is -0.483 e. The van der Waals surface area contributed by atoms with Crippen molar-refractivity contribution in [1.29, 1.82) is 0 Å². The number of carbonyl (C=O) groups is 2. The lowest BCUT2D eigenvalue weighted by atomic mass is 10.0. The van der Waals surface area contributed by atoms with E-state index in [1.165, 1.54) is 28.7 Å². The van der Waals surface area contributed by atoms with E-state index in [-0.39, 0.29) is 101 Å². The Hall–Kier alpha value is -7.19. The van der Waals surface area contributed by atoms with Crippen molar-refractivity contribution in [3.8, 4) is 32.6 Å². The van der Waals surface area contributed by atoms with Gasteiger partial charge in [-0.05, 0) is 45.7 Å². The quantitative estimate of drug-likeness (QED) is 0.0658. The Morgan fingerprint density at radius 2 is 1.09 bits per heavy atom. The summed E-state index contributed by atoms with van der Waals surface area (Å²) in [4.78, 5) is 55.9. The van der Waals surface area contributed by atoms with Crippen molar-refractivity contribution in [1.82, 2.24) is 39.7 Å². The number of nitrogens with zero attached hydrogens (tertiary/aromatic N) is 7. The lowest BCUT2D eigenvalue weighted by molar-refractivity contribution is 0.0568. The average molecular weight is 1230 g/mol. The first-order valence-electron chi connectivity index (χ1n) is 25.1. The van der Waals surface area contributed by atoms with Crippen molar-refractivity contribution >= 4 is 57.1 Å². The topological polar surface area (TPSA) is 182 Å². The molecule has 12 rings (SSSR count). The molecule has 4 aromatic carbocycles. The maximum atomic E-state index is 14.2. The van der Waals surface area contributed by atoms with Crippen molar-refractivity contribution in [2.75, 3.05) is 37.4 Å². The van der Waals surface area contributed by atoms with Crippen molar-refractivity contribution in [3.63, 3.8) is 0 Å². The monoisotopic (exact) mass is 1230 g/mol. The molecule has 0 spiro atoms.